The minimum atomic E-state index is -3.56. The highest BCUT2D eigenvalue weighted by Gasteiger charge is 2.28. The van der Waals surface area contributed by atoms with Crippen LogP contribution in [0.5, 0.6) is 17.2 Å². The monoisotopic (exact) mass is 395 g/mol. The Labute approximate surface area is 155 Å². The topological polar surface area (TPSA) is 82.1 Å². The normalized spacial score (nSPS) is 17.2. The van der Waals surface area contributed by atoms with E-state index in [9.17, 15) is 13.2 Å². The van der Waals surface area contributed by atoms with Crippen molar-refractivity contribution in [1.82, 2.24) is 4.31 Å². The van der Waals surface area contributed by atoms with E-state index in [1.54, 1.807) is 18.2 Å². The van der Waals surface area contributed by atoms with Gasteiger partial charge in [-0.25, -0.2) is 13.2 Å². The highest BCUT2D eigenvalue weighted by molar-refractivity contribution is 7.89. The minimum Gasteiger partial charge on any atom is -0.454 e. The van der Waals surface area contributed by atoms with Gasteiger partial charge >= 0.3 is 5.97 Å². The fourth-order valence-electron chi connectivity index (χ4n) is 2.91. The van der Waals surface area contributed by atoms with Gasteiger partial charge in [-0.2, -0.15) is 4.31 Å². The van der Waals surface area contributed by atoms with E-state index in [4.69, 9.17) is 14.2 Å². The van der Waals surface area contributed by atoms with Crippen LogP contribution < -0.4 is 14.2 Å². The Balaban J connectivity index is 1.49. The van der Waals surface area contributed by atoms with Gasteiger partial charge in [-0.1, -0.05) is 6.42 Å². The number of sulfonamides is 1. The molecule has 7 nitrogen and oxygen atoms in total. The van der Waals surface area contributed by atoms with Crippen LogP contribution in [0.3, 0.4) is 0 Å². The molecular formula is C17H17NO6S2. The van der Waals surface area contributed by atoms with E-state index in [0.717, 1.165) is 30.6 Å². The molecule has 1 aromatic carbocycles. The molecular weight excluding hydrogens is 378 g/mol. The van der Waals surface area contributed by atoms with E-state index >= 15 is 0 Å². The van der Waals surface area contributed by atoms with Crippen molar-refractivity contribution in [2.45, 2.75) is 24.2 Å². The molecule has 3 heterocycles. The third kappa shape index (κ3) is 3.29. The van der Waals surface area contributed by atoms with Gasteiger partial charge in [-0.3, -0.25) is 0 Å². The smallest absolute Gasteiger partial charge is 0.353 e. The molecule has 0 saturated carbocycles. The van der Waals surface area contributed by atoms with E-state index in [1.807, 2.05) is 0 Å². The van der Waals surface area contributed by atoms with Crippen molar-refractivity contribution >= 4 is 27.3 Å². The molecule has 0 N–H and O–H groups in total. The van der Waals surface area contributed by atoms with Crippen LogP contribution in [0, 0.1) is 0 Å². The van der Waals surface area contributed by atoms with Gasteiger partial charge in [0.05, 0.1) is 4.90 Å². The summed E-state index contributed by atoms with van der Waals surface area (Å²) in [5.74, 6) is 0.813. The molecule has 1 fully saturated rings. The molecule has 9 heteroatoms. The van der Waals surface area contributed by atoms with Crippen molar-refractivity contribution in [2.24, 2.45) is 0 Å². The second kappa shape index (κ2) is 6.90. The molecule has 26 heavy (non-hydrogen) atoms. The van der Waals surface area contributed by atoms with Gasteiger partial charge in [0.15, 0.2) is 11.5 Å². The van der Waals surface area contributed by atoms with Crippen LogP contribution in [0.15, 0.2) is 34.5 Å². The molecule has 4 rings (SSSR count). The standard InChI is InChI=1S/C17H17NO6S2/c19-17(24-12-4-5-14-15(8-12)23-11-22-14)16-9-13(10-25-16)26(20,21)18-6-2-1-3-7-18/h4-5,8-10H,1-3,6-7,11H2. The number of hydrogen-bond acceptors (Lipinski definition) is 7. The van der Waals surface area contributed by atoms with Gasteiger partial charge in [0.2, 0.25) is 16.8 Å². The molecule has 1 aromatic heterocycles. The number of nitrogens with zero attached hydrogens (tertiary/aromatic N) is 1. The molecule has 2 aliphatic heterocycles. The van der Waals surface area contributed by atoms with E-state index < -0.39 is 16.0 Å². The molecule has 0 unspecified atom stereocenters. The zero-order valence-corrected chi connectivity index (χ0v) is 15.5. The lowest BCUT2D eigenvalue weighted by atomic mass is 10.2. The second-order valence-electron chi connectivity index (χ2n) is 6.02. The summed E-state index contributed by atoms with van der Waals surface area (Å²) in [7, 11) is -3.56. The molecule has 0 radical (unpaired) electrons. The van der Waals surface area contributed by atoms with Gasteiger partial charge in [0, 0.05) is 24.5 Å². The fraction of sp³-hybridized carbons (Fsp3) is 0.353. The number of carbonyl (C=O) groups excluding carboxylic acids is 1. The summed E-state index contributed by atoms with van der Waals surface area (Å²) in [4.78, 5) is 12.7. The molecule has 0 spiro atoms. The van der Waals surface area contributed by atoms with Crippen LogP contribution in [0.1, 0.15) is 28.9 Å². The number of benzene rings is 1. The Morgan fingerprint density at radius 3 is 2.65 bits per heavy atom. The third-order valence-electron chi connectivity index (χ3n) is 4.28. The Morgan fingerprint density at radius 1 is 1.08 bits per heavy atom. The van der Waals surface area contributed by atoms with E-state index in [1.165, 1.54) is 15.8 Å². The maximum absolute atomic E-state index is 12.7. The molecule has 0 bridgehead atoms. The van der Waals surface area contributed by atoms with Crippen molar-refractivity contribution in [3.63, 3.8) is 0 Å². The van der Waals surface area contributed by atoms with Gasteiger partial charge in [-0.05, 0) is 31.0 Å². The molecule has 1 saturated heterocycles. The maximum atomic E-state index is 12.7. The van der Waals surface area contributed by atoms with Crippen LogP contribution >= 0.6 is 11.3 Å². The van der Waals surface area contributed by atoms with E-state index in [-0.39, 0.29) is 16.6 Å². The van der Waals surface area contributed by atoms with E-state index in [2.05, 4.69) is 0 Å². The number of carbonyl (C=O) groups is 1. The summed E-state index contributed by atoms with van der Waals surface area (Å²) in [5.41, 5.74) is 0. The van der Waals surface area contributed by atoms with Crippen molar-refractivity contribution in [3.05, 3.63) is 34.5 Å². The van der Waals surface area contributed by atoms with Crippen LogP contribution in [0.4, 0.5) is 0 Å². The molecule has 2 aromatic rings. The second-order valence-corrected chi connectivity index (χ2v) is 8.87. The van der Waals surface area contributed by atoms with Crippen LogP contribution in [0.25, 0.3) is 0 Å². The first-order valence-electron chi connectivity index (χ1n) is 8.24. The highest BCUT2D eigenvalue weighted by Crippen LogP contribution is 2.35. The first-order chi connectivity index (χ1) is 12.5. The Kier molecular flexibility index (Phi) is 4.60. The van der Waals surface area contributed by atoms with Gasteiger partial charge in [-0.15, -0.1) is 11.3 Å². The quantitative estimate of drug-likeness (QED) is 0.585. The van der Waals surface area contributed by atoms with Crippen molar-refractivity contribution in [2.75, 3.05) is 19.9 Å². The van der Waals surface area contributed by atoms with Crippen LogP contribution in [-0.4, -0.2) is 38.6 Å². The minimum absolute atomic E-state index is 0.134. The van der Waals surface area contributed by atoms with E-state index in [0.29, 0.717) is 30.3 Å². The van der Waals surface area contributed by atoms with Crippen LogP contribution in [0.2, 0.25) is 0 Å². The largest absolute Gasteiger partial charge is 0.454 e. The molecule has 0 aliphatic carbocycles. The summed E-state index contributed by atoms with van der Waals surface area (Å²) in [5, 5.41) is 1.49. The Hall–Kier alpha value is -2.10. The van der Waals surface area contributed by atoms with Gasteiger partial charge < -0.3 is 14.2 Å². The number of ether oxygens (including phenoxy) is 3. The molecule has 2 aliphatic rings. The number of thiophene rings is 1. The molecule has 0 amide bonds. The predicted molar refractivity (Wildman–Crippen MR) is 94.5 cm³/mol. The fourth-order valence-corrected chi connectivity index (χ4v) is 5.57. The summed E-state index contributed by atoms with van der Waals surface area (Å²) in [6, 6.07) is 6.21. The lowest BCUT2D eigenvalue weighted by Gasteiger charge is -2.25. The summed E-state index contributed by atoms with van der Waals surface area (Å²) in [6.45, 7) is 1.18. The zero-order chi connectivity index (χ0) is 18.1. The zero-order valence-electron chi connectivity index (χ0n) is 13.8. The highest BCUT2D eigenvalue weighted by atomic mass is 32.2. The third-order valence-corrected chi connectivity index (χ3v) is 7.22. The first-order valence-corrected chi connectivity index (χ1v) is 10.6. The summed E-state index contributed by atoms with van der Waals surface area (Å²) < 4.78 is 42.6. The van der Waals surface area contributed by atoms with Crippen molar-refractivity contribution in [3.8, 4) is 17.2 Å². The molecule has 0 atom stereocenters. The number of rotatable bonds is 4. The van der Waals surface area contributed by atoms with Crippen molar-refractivity contribution in [1.29, 1.82) is 0 Å². The van der Waals surface area contributed by atoms with Crippen molar-refractivity contribution < 1.29 is 27.4 Å². The van der Waals surface area contributed by atoms with Gasteiger partial charge in [0.25, 0.3) is 0 Å². The number of esters is 1. The maximum Gasteiger partial charge on any atom is 0.353 e. The average Bonchev–Trinajstić information content (AvgIpc) is 3.32. The SMILES string of the molecule is O=C(Oc1ccc2c(c1)OCO2)c1cc(S(=O)(=O)N2CCCCC2)cs1. The number of hydrogen-bond donors (Lipinski definition) is 0. The molecule has 138 valence electrons. The first kappa shape index (κ1) is 17.3. The number of piperidine rings is 1. The lowest BCUT2D eigenvalue weighted by Crippen LogP contribution is -2.35. The Morgan fingerprint density at radius 2 is 1.85 bits per heavy atom. The van der Waals surface area contributed by atoms with Crippen LogP contribution in [-0.2, 0) is 10.0 Å². The summed E-state index contributed by atoms with van der Waals surface area (Å²) >= 11 is 1.06. The average molecular weight is 395 g/mol. The Bertz CT molecular complexity index is 930. The summed E-state index contributed by atoms with van der Waals surface area (Å²) in [6.07, 6.45) is 2.77. The predicted octanol–water partition coefficient (Wildman–Crippen LogP) is 2.87. The lowest BCUT2D eigenvalue weighted by molar-refractivity contribution is 0.0739. The number of fused-ring (bicyclic) bond motifs is 1. The van der Waals surface area contributed by atoms with Gasteiger partial charge in [0.1, 0.15) is 10.6 Å².